The Morgan fingerprint density at radius 3 is 2.54 bits per heavy atom. The molecule has 0 heterocycles. The summed E-state index contributed by atoms with van der Waals surface area (Å²) < 4.78 is 4.89. The maximum absolute atomic E-state index is 11.0. The van der Waals surface area contributed by atoms with Gasteiger partial charge in [-0.15, -0.1) is 0 Å². The van der Waals surface area contributed by atoms with Crippen molar-refractivity contribution in [3.8, 4) is 0 Å². The lowest BCUT2D eigenvalue weighted by Crippen LogP contribution is -2.34. The van der Waals surface area contributed by atoms with E-state index in [1.807, 2.05) is 20.8 Å². The van der Waals surface area contributed by atoms with Gasteiger partial charge in [0.2, 0.25) is 0 Å². The van der Waals surface area contributed by atoms with Gasteiger partial charge in [-0.3, -0.25) is 0 Å². The largest absolute Gasteiger partial charge is 0.449 e. The Bertz CT molecular complexity index is 148. The highest BCUT2D eigenvalue weighted by Crippen LogP contribution is 1.94. The van der Waals surface area contributed by atoms with E-state index in [0.29, 0.717) is 18.9 Å². The molecule has 4 heteroatoms. The van der Waals surface area contributed by atoms with Gasteiger partial charge in [-0.2, -0.15) is 0 Å². The van der Waals surface area contributed by atoms with E-state index >= 15 is 0 Å². The maximum Gasteiger partial charge on any atom is 0.407 e. The van der Waals surface area contributed by atoms with Gasteiger partial charge in [0.1, 0.15) is 0 Å². The van der Waals surface area contributed by atoms with E-state index in [-0.39, 0.29) is 12.6 Å². The molecule has 0 fully saturated rings. The van der Waals surface area contributed by atoms with E-state index in [0.717, 1.165) is 0 Å². The molecule has 0 aliphatic carbocycles. The van der Waals surface area contributed by atoms with Crippen LogP contribution >= 0.6 is 0 Å². The number of rotatable bonds is 5. The second-order valence-corrected chi connectivity index (χ2v) is 3.55. The first-order valence-electron chi connectivity index (χ1n) is 4.60. The first-order chi connectivity index (χ1) is 6.06. The Morgan fingerprint density at radius 2 is 2.08 bits per heavy atom. The van der Waals surface area contributed by atoms with Crippen molar-refractivity contribution in [1.82, 2.24) is 5.32 Å². The van der Waals surface area contributed by atoms with Crippen molar-refractivity contribution in [3.05, 3.63) is 0 Å². The van der Waals surface area contributed by atoms with Gasteiger partial charge in [0.05, 0.1) is 6.61 Å². The molecular weight excluding hydrogens is 170 g/mol. The van der Waals surface area contributed by atoms with E-state index in [9.17, 15) is 4.79 Å². The molecule has 0 aromatic carbocycles. The maximum atomic E-state index is 11.0. The monoisotopic (exact) mass is 189 g/mol. The number of ether oxygens (including phenoxy) is 1. The molecule has 0 saturated heterocycles. The van der Waals surface area contributed by atoms with Crippen LogP contribution in [0.15, 0.2) is 0 Å². The van der Waals surface area contributed by atoms with Crippen molar-refractivity contribution < 1.29 is 14.6 Å². The van der Waals surface area contributed by atoms with Gasteiger partial charge >= 0.3 is 6.09 Å². The second kappa shape index (κ2) is 6.71. The Kier molecular flexibility index (Phi) is 6.32. The lowest BCUT2D eigenvalue weighted by atomic mass is 10.2. The minimum atomic E-state index is -0.408. The Labute approximate surface area is 79.3 Å². The fourth-order valence-electron chi connectivity index (χ4n) is 0.751. The van der Waals surface area contributed by atoms with Crippen LogP contribution in [0.2, 0.25) is 0 Å². The van der Waals surface area contributed by atoms with Gasteiger partial charge in [0.25, 0.3) is 0 Å². The lowest BCUT2D eigenvalue weighted by molar-refractivity contribution is 0.128. The summed E-state index contributed by atoms with van der Waals surface area (Å²) in [6, 6.07) is -0.0373. The van der Waals surface area contributed by atoms with Gasteiger partial charge in [-0.05, 0) is 19.3 Å². The second-order valence-electron chi connectivity index (χ2n) is 3.55. The summed E-state index contributed by atoms with van der Waals surface area (Å²) in [6.45, 7) is 6.28. The molecule has 13 heavy (non-hydrogen) atoms. The molecule has 2 N–H and O–H groups in total. The molecule has 0 aliphatic heterocycles. The average Bonchev–Trinajstić information content (AvgIpc) is 2.01. The Balaban J connectivity index is 3.50. The van der Waals surface area contributed by atoms with Crippen LogP contribution in [-0.2, 0) is 4.74 Å². The number of amides is 1. The Morgan fingerprint density at radius 1 is 1.46 bits per heavy atom. The highest BCUT2D eigenvalue weighted by molar-refractivity contribution is 5.67. The zero-order valence-electron chi connectivity index (χ0n) is 8.54. The normalized spacial score (nSPS) is 12.7. The van der Waals surface area contributed by atoms with Gasteiger partial charge < -0.3 is 15.2 Å². The highest BCUT2D eigenvalue weighted by Gasteiger charge is 2.07. The molecule has 1 atom stereocenters. The van der Waals surface area contributed by atoms with Gasteiger partial charge in [-0.1, -0.05) is 13.8 Å². The van der Waals surface area contributed by atoms with E-state index in [1.54, 1.807) is 0 Å². The van der Waals surface area contributed by atoms with E-state index in [2.05, 4.69) is 5.32 Å². The van der Waals surface area contributed by atoms with Crippen molar-refractivity contribution in [2.45, 2.75) is 33.2 Å². The van der Waals surface area contributed by atoms with Crippen molar-refractivity contribution in [1.29, 1.82) is 0 Å². The van der Waals surface area contributed by atoms with Gasteiger partial charge in [-0.25, -0.2) is 4.79 Å². The predicted octanol–water partition coefficient (Wildman–Crippen LogP) is 1.14. The summed E-state index contributed by atoms with van der Waals surface area (Å²) in [5.74, 6) is 0.346. The molecule has 0 aromatic heterocycles. The summed E-state index contributed by atoms with van der Waals surface area (Å²) in [4.78, 5) is 11.0. The molecule has 0 bridgehead atoms. The zero-order chi connectivity index (χ0) is 10.3. The molecule has 1 unspecified atom stereocenters. The van der Waals surface area contributed by atoms with Crippen molar-refractivity contribution in [2.75, 3.05) is 13.2 Å². The van der Waals surface area contributed by atoms with E-state index in [1.165, 1.54) is 0 Å². The number of alkyl carbamates (subject to hydrolysis) is 1. The van der Waals surface area contributed by atoms with Crippen molar-refractivity contribution >= 4 is 6.09 Å². The number of carbonyl (C=O) groups excluding carboxylic acids is 1. The fourth-order valence-corrected chi connectivity index (χ4v) is 0.751. The molecule has 0 rings (SSSR count). The zero-order valence-corrected chi connectivity index (χ0v) is 8.54. The third kappa shape index (κ3) is 7.59. The summed E-state index contributed by atoms with van der Waals surface area (Å²) >= 11 is 0. The predicted molar refractivity (Wildman–Crippen MR) is 50.5 cm³/mol. The molecule has 78 valence electrons. The van der Waals surface area contributed by atoms with Crippen LogP contribution in [0.4, 0.5) is 4.79 Å². The minimum absolute atomic E-state index is 0.0373. The quantitative estimate of drug-likeness (QED) is 0.681. The van der Waals surface area contributed by atoms with Crippen LogP contribution < -0.4 is 5.32 Å². The molecule has 1 amide bonds. The highest BCUT2D eigenvalue weighted by atomic mass is 16.5. The number of nitrogens with one attached hydrogen (secondary N) is 1. The molecule has 0 spiro atoms. The molecule has 0 saturated carbocycles. The number of hydrogen-bond donors (Lipinski definition) is 2. The minimum Gasteiger partial charge on any atom is -0.449 e. The van der Waals surface area contributed by atoms with Crippen LogP contribution in [0.25, 0.3) is 0 Å². The Hall–Kier alpha value is -0.770. The van der Waals surface area contributed by atoms with E-state index in [4.69, 9.17) is 9.84 Å². The molecular formula is C9H19NO3. The third-order valence-electron chi connectivity index (χ3n) is 1.47. The van der Waals surface area contributed by atoms with Gasteiger partial charge in [0.15, 0.2) is 0 Å². The lowest BCUT2D eigenvalue weighted by Gasteiger charge is -2.13. The summed E-state index contributed by atoms with van der Waals surface area (Å²) in [5.41, 5.74) is 0. The van der Waals surface area contributed by atoms with Gasteiger partial charge in [0, 0.05) is 12.6 Å². The first-order valence-corrected chi connectivity index (χ1v) is 4.60. The topological polar surface area (TPSA) is 58.6 Å². The van der Waals surface area contributed by atoms with Crippen molar-refractivity contribution in [3.63, 3.8) is 0 Å². The summed E-state index contributed by atoms with van der Waals surface area (Å²) in [6.07, 6.45) is 0.145. The number of aliphatic hydroxyl groups excluding tert-OH is 1. The smallest absolute Gasteiger partial charge is 0.407 e. The van der Waals surface area contributed by atoms with Crippen LogP contribution in [-0.4, -0.2) is 30.5 Å². The summed E-state index contributed by atoms with van der Waals surface area (Å²) in [5, 5.41) is 11.2. The number of aliphatic hydroxyl groups is 1. The average molecular weight is 189 g/mol. The van der Waals surface area contributed by atoms with Crippen LogP contribution in [0, 0.1) is 5.92 Å². The molecule has 0 radical (unpaired) electrons. The first kappa shape index (κ1) is 12.2. The fraction of sp³-hybridized carbons (Fsp3) is 0.889. The molecule has 0 aliphatic rings. The molecule has 0 aromatic rings. The van der Waals surface area contributed by atoms with Crippen LogP contribution in [0.3, 0.4) is 0 Å². The number of carbonyl (C=O) groups is 1. The number of hydrogen-bond acceptors (Lipinski definition) is 3. The van der Waals surface area contributed by atoms with Crippen molar-refractivity contribution in [2.24, 2.45) is 5.92 Å². The molecule has 4 nitrogen and oxygen atoms in total. The standard InChI is InChI=1S/C9H19NO3/c1-7(2)6-13-9(12)10-8(3)4-5-11/h7-8,11H,4-6H2,1-3H3,(H,10,12). The summed E-state index contributed by atoms with van der Waals surface area (Å²) in [7, 11) is 0. The van der Waals surface area contributed by atoms with E-state index < -0.39 is 6.09 Å². The van der Waals surface area contributed by atoms with Crippen LogP contribution in [0.1, 0.15) is 27.2 Å². The van der Waals surface area contributed by atoms with Crippen LogP contribution in [0.5, 0.6) is 0 Å². The SMILES string of the molecule is CC(C)COC(=O)NC(C)CCO. The third-order valence-corrected chi connectivity index (χ3v) is 1.47.